The molecule has 1 saturated heterocycles. The van der Waals surface area contributed by atoms with Crippen molar-refractivity contribution in [3.8, 4) is 0 Å². The summed E-state index contributed by atoms with van der Waals surface area (Å²) < 4.78 is 25.2. The molecule has 0 amide bonds. The van der Waals surface area contributed by atoms with Crippen molar-refractivity contribution < 1.29 is 63.8 Å². The highest BCUT2D eigenvalue weighted by Crippen LogP contribution is 2.44. The number of hydrogen-bond acceptors (Lipinski definition) is 12. The van der Waals surface area contributed by atoms with Gasteiger partial charge < -0.3 is 50.2 Å². The van der Waals surface area contributed by atoms with Gasteiger partial charge in [-0.15, -0.1) is 0 Å². The van der Waals surface area contributed by atoms with Crippen molar-refractivity contribution in [1.82, 2.24) is 0 Å². The molecule has 0 saturated carbocycles. The minimum atomic E-state index is -4.83. The minimum Gasteiger partial charge on any atom is -0.388 e. The highest BCUT2D eigenvalue weighted by Gasteiger charge is 2.44. The summed E-state index contributed by atoms with van der Waals surface area (Å²) in [6.07, 6.45) is -14.5. The summed E-state index contributed by atoms with van der Waals surface area (Å²) in [5.41, 5.74) is 0. The summed E-state index contributed by atoms with van der Waals surface area (Å²) in [5.74, 6) is 0. The molecule has 1 rings (SSSR count). The standard InChI is InChI=1S/C11H21O13P/c12-1-4(13)7(15)5(14)2-22-25(20,21)23-3-6-8(16)9(17)10(18)11(19)24-6/h1,4-11,13-19H,2-3H2,(H,20,21)/t4-,5+,6+,7-,8+,9-,10+,11?/m0/s1. The van der Waals surface area contributed by atoms with Crippen molar-refractivity contribution in [2.24, 2.45) is 0 Å². The maximum absolute atomic E-state index is 11.6. The third-order valence-corrected chi connectivity index (χ3v) is 4.33. The van der Waals surface area contributed by atoms with Crippen LogP contribution in [0.15, 0.2) is 0 Å². The lowest BCUT2D eigenvalue weighted by Crippen LogP contribution is -2.58. The molecular formula is C11H21O13P. The molecule has 0 aromatic rings. The summed E-state index contributed by atoms with van der Waals surface area (Å²) >= 11 is 0. The normalized spacial score (nSPS) is 36.2. The molecule has 0 aromatic heterocycles. The minimum absolute atomic E-state index is 0.0598. The molecule has 1 heterocycles. The average Bonchev–Trinajstić information content (AvgIpc) is 2.58. The second-order valence-corrected chi connectivity index (χ2v) is 6.74. The van der Waals surface area contributed by atoms with Gasteiger partial charge in [0.1, 0.15) is 42.7 Å². The molecule has 8 N–H and O–H groups in total. The molecule has 9 atom stereocenters. The monoisotopic (exact) mass is 392 g/mol. The number of rotatable bonds is 9. The van der Waals surface area contributed by atoms with Crippen LogP contribution in [0.4, 0.5) is 0 Å². The fourth-order valence-electron chi connectivity index (χ4n) is 1.85. The lowest BCUT2D eigenvalue weighted by molar-refractivity contribution is -0.285. The van der Waals surface area contributed by atoms with Crippen molar-refractivity contribution >= 4 is 14.1 Å². The number of hydrogen-bond donors (Lipinski definition) is 8. The van der Waals surface area contributed by atoms with Gasteiger partial charge in [-0.3, -0.25) is 9.05 Å². The molecule has 0 aliphatic carbocycles. The lowest BCUT2D eigenvalue weighted by atomic mass is 10.00. The molecule has 1 aliphatic rings. The second-order valence-electron chi connectivity index (χ2n) is 5.28. The van der Waals surface area contributed by atoms with Gasteiger partial charge in [-0.2, -0.15) is 0 Å². The van der Waals surface area contributed by atoms with Gasteiger partial charge in [0, 0.05) is 0 Å². The molecule has 0 bridgehead atoms. The SMILES string of the molecule is O=C[C@H](O)[C@H](O)[C@H](O)COP(=O)(O)OC[C@H]1OC(O)[C@H](O)[C@@H](O)[C@@H]1O. The smallest absolute Gasteiger partial charge is 0.388 e. The third kappa shape index (κ3) is 6.29. The molecule has 0 radical (unpaired) electrons. The first-order valence-electron chi connectivity index (χ1n) is 6.99. The van der Waals surface area contributed by atoms with Crippen LogP contribution >= 0.6 is 7.82 Å². The molecule has 1 aliphatic heterocycles. The average molecular weight is 392 g/mol. The number of ether oxygens (including phenoxy) is 1. The van der Waals surface area contributed by atoms with E-state index in [4.69, 9.17) is 9.84 Å². The summed E-state index contributed by atoms with van der Waals surface area (Å²) in [6.45, 7) is -1.83. The highest BCUT2D eigenvalue weighted by atomic mass is 31.2. The Kier molecular flexibility index (Phi) is 8.47. The predicted molar refractivity (Wildman–Crippen MR) is 74.7 cm³/mol. The molecule has 148 valence electrons. The molecular weight excluding hydrogens is 371 g/mol. The third-order valence-electron chi connectivity index (χ3n) is 3.38. The van der Waals surface area contributed by atoms with E-state index in [1.54, 1.807) is 0 Å². The van der Waals surface area contributed by atoms with Crippen LogP contribution in [0, 0.1) is 0 Å². The molecule has 0 aromatic carbocycles. The number of aliphatic hydroxyl groups is 7. The highest BCUT2D eigenvalue weighted by molar-refractivity contribution is 7.47. The first kappa shape index (κ1) is 22.5. The maximum atomic E-state index is 11.6. The Morgan fingerprint density at radius 1 is 1.04 bits per heavy atom. The zero-order chi connectivity index (χ0) is 19.4. The van der Waals surface area contributed by atoms with Crippen molar-refractivity contribution in [2.45, 2.75) is 49.0 Å². The Balaban J connectivity index is 2.50. The van der Waals surface area contributed by atoms with Crippen LogP contribution in [0.2, 0.25) is 0 Å². The van der Waals surface area contributed by atoms with Gasteiger partial charge in [0.15, 0.2) is 12.6 Å². The molecule has 25 heavy (non-hydrogen) atoms. The fraction of sp³-hybridized carbons (Fsp3) is 0.909. The fourth-order valence-corrected chi connectivity index (χ4v) is 2.60. The van der Waals surface area contributed by atoms with Crippen LogP contribution in [0.3, 0.4) is 0 Å². The van der Waals surface area contributed by atoms with Crippen LogP contribution in [0.25, 0.3) is 0 Å². The topological polar surface area (TPSA) is 224 Å². The summed E-state index contributed by atoms with van der Waals surface area (Å²) in [6, 6.07) is 0. The van der Waals surface area contributed by atoms with Gasteiger partial charge in [0.25, 0.3) is 0 Å². The Hall–Kier alpha value is -0.540. The van der Waals surface area contributed by atoms with Gasteiger partial charge in [-0.05, 0) is 0 Å². The van der Waals surface area contributed by atoms with Gasteiger partial charge in [0.2, 0.25) is 0 Å². The number of aliphatic hydroxyl groups excluding tert-OH is 7. The predicted octanol–water partition coefficient (Wildman–Crippen LogP) is -4.80. The second kappa shape index (κ2) is 9.41. The quantitative estimate of drug-likeness (QED) is 0.136. The summed E-state index contributed by atoms with van der Waals surface area (Å²) in [5, 5.41) is 65.3. The Bertz CT molecular complexity index is 475. The molecule has 2 unspecified atom stereocenters. The van der Waals surface area contributed by atoms with E-state index in [2.05, 4.69) is 9.05 Å². The van der Waals surface area contributed by atoms with Crippen LogP contribution in [-0.2, 0) is 23.1 Å². The van der Waals surface area contributed by atoms with E-state index < -0.39 is 70.1 Å². The summed E-state index contributed by atoms with van der Waals surface area (Å²) in [4.78, 5) is 19.7. The van der Waals surface area contributed by atoms with E-state index in [9.17, 15) is 44.9 Å². The van der Waals surface area contributed by atoms with Gasteiger partial charge >= 0.3 is 7.82 Å². The van der Waals surface area contributed by atoms with Crippen LogP contribution in [0.1, 0.15) is 0 Å². The van der Waals surface area contributed by atoms with Crippen LogP contribution < -0.4 is 0 Å². The molecule has 0 spiro atoms. The van der Waals surface area contributed by atoms with E-state index in [0.717, 1.165) is 0 Å². The largest absolute Gasteiger partial charge is 0.472 e. The van der Waals surface area contributed by atoms with Crippen molar-refractivity contribution in [1.29, 1.82) is 0 Å². The van der Waals surface area contributed by atoms with Gasteiger partial charge in [-0.1, -0.05) is 0 Å². The number of phosphoric ester groups is 1. The number of phosphoric acid groups is 1. The lowest BCUT2D eigenvalue weighted by Gasteiger charge is -2.38. The van der Waals surface area contributed by atoms with Crippen molar-refractivity contribution in [2.75, 3.05) is 13.2 Å². The van der Waals surface area contributed by atoms with Crippen LogP contribution in [0.5, 0.6) is 0 Å². The molecule has 1 fully saturated rings. The Morgan fingerprint density at radius 2 is 1.64 bits per heavy atom. The Labute approximate surface area is 141 Å². The zero-order valence-electron chi connectivity index (χ0n) is 12.7. The molecule has 14 heteroatoms. The first-order chi connectivity index (χ1) is 11.5. The van der Waals surface area contributed by atoms with E-state index >= 15 is 0 Å². The number of aldehydes is 1. The zero-order valence-corrected chi connectivity index (χ0v) is 13.6. The number of carbonyl (C=O) groups is 1. The van der Waals surface area contributed by atoms with Gasteiger partial charge in [0.05, 0.1) is 13.2 Å². The number of carbonyl (C=O) groups excluding carboxylic acids is 1. The van der Waals surface area contributed by atoms with Gasteiger partial charge in [-0.25, -0.2) is 4.57 Å². The summed E-state index contributed by atoms with van der Waals surface area (Å²) in [7, 11) is -4.83. The maximum Gasteiger partial charge on any atom is 0.472 e. The van der Waals surface area contributed by atoms with E-state index in [-0.39, 0.29) is 6.29 Å². The molecule has 13 nitrogen and oxygen atoms in total. The van der Waals surface area contributed by atoms with E-state index in [1.807, 2.05) is 0 Å². The van der Waals surface area contributed by atoms with Crippen molar-refractivity contribution in [3.05, 3.63) is 0 Å². The van der Waals surface area contributed by atoms with Crippen LogP contribution in [-0.4, -0.2) is 109 Å². The first-order valence-corrected chi connectivity index (χ1v) is 8.48. The van der Waals surface area contributed by atoms with E-state index in [0.29, 0.717) is 0 Å². The van der Waals surface area contributed by atoms with Crippen molar-refractivity contribution in [3.63, 3.8) is 0 Å². The van der Waals surface area contributed by atoms with E-state index in [1.165, 1.54) is 0 Å². The Morgan fingerprint density at radius 3 is 2.20 bits per heavy atom.